The summed E-state index contributed by atoms with van der Waals surface area (Å²) >= 11 is 6.60. The van der Waals surface area contributed by atoms with Crippen molar-refractivity contribution in [2.75, 3.05) is 11.0 Å². The highest BCUT2D eigenvalue weighted by atomic mass is 35.5. The van der Waals surface area contributed by atoms with Gasteiger partial charge in [-0.05, 0) is 80.3 Å². The number of benzene rings is 2. The number of amides is 1. The SMILES string of the molecule is Cn1nc(NS(C)(=O)=O)c2c(Cl)ccc(-c3ccc(C#CC(C)(C)O)nc3[C@H](Cc3cc(F)cc(F)c3)NC(=O)Cn3nc(C#CN)c4c3C(F)(F)[C@@H]3C[C@H]43)c21. The molecule has 5 aromatic rings. The number of nitrogens with two attached hydrogens (primary N) is 1. The van der Waals surface area contributed by atoms with Gasteiger partial charge < -0.3 is 16.2 Å². The molecule has 3 heterocycles. The number of sulfonamides is 1. The minimum Gasteiger partial charge on any atom is -0.378 e. The first-order valence-corrected chi connectivity index (χ1v) is 19.4. The third kappa shape index (κ3) is 7.49. The lowest BCUT2D eigenvalue weighted by atomic mass is 9.93. The summed E-state index contributed by atoms with van der Waals surface area (Å²) in [7, 11) is -2.24. The monoisotopic (exact) mass is 808 g/mol. The third-order valence-corrected chi connectivity index (χ3v) is 10.3. The quantitative estimate of drug-likeness (QED) is 0.0933. The molecule has 1 fully saturated rings. The molecule has 2 aliphatic rings. The Hall–Kier alpha value is -5.62. The van der Waals surface area contributed by atoms with Gasteiger partial charge in [0.1, 0.15) is 40.9 Å². The Balaban J connectivity index is 1.39. The zero-order valence-electron chi connectivity index (χ0n) is 30.2. The van der Waals surface area contributed by atoms with E-state index in [4.69, 9.17) is 22.3 Å². The van der Waals surface area contributed by atoms with E-state index in [1.165, 1.54) is 24.6 Å². The van der Waals surface area contributed by atoms with Crippen LogP contribution >= 0.6 is 11.6 Å². The number of hydrogen-bond acceptors (Lipinski definition) is 8. The number of alkyl halides is 2. The number of halogens is 5. The van der Waals surface area contributed by atoms with Crippen LogP contribution in [0.1, 0.15) is 66.1 Å². The molecule has 3 aromatic heterocycles. The van der Waals surface area contributed by atoms with Crippen molar-refractivity contribution < 1.29 is 35.9 Å². The molecule has 0 saturated heterocycles. The van der Waals surface area contributed by atoms with Crippen LogP contribution in [0, 0.1) is 41.4 Å². The second kappa shape index (κ2) is 13.8. The molecular formula is C38H33ClF4N8O4S. The topological polar surface area (TPSA) is 170 Å². The molecule has 0 bridgehead atoms. The number of nitrogens with one attached hydrogen (secondary N) is 2. The fourth-order valence-electron chi connectivity index (χ4n) is 7.20. The Labute approximate surface area is 323 Å². The zero-order chi connectivity index (χ0) is 40.5. The lowest BCUT2D eigenvalue weighted by molar-refractivity contribution is -0.122. The highest BCUT2D eigenvalue weighted by molar-refractivity contribution is 7.92. The third-order valence-electron chi connectivity index (χ3n) is 9.37. The molecule has 56 heavy (non-hydrogen) atoms. The number of rotatable bonds is 9. The summed E-state index contributed by atoms with van der Waals surface area (Å²) in [5.41, 5.74) is 5.34. The van der Waals surface area contributed by atoms with Crippen LogP contribution in [0.2, 0.25) is 5.02 Å². The number of aromatic nitrogens is 5. The van der Waals surface area contributed by atoms with E-state index in [0.717, 1.165) is 23.1 Å². The van der Waals surface area contributed by atoms with E-state index in [9.17, 15) is 27.1 Å². The maximum absolute atomic E-state index is 15.5. The number of aliphatic hydroxyl groups is 1. The molecular weight excluding hydrogens is 776 g/mol. The van der Waals surface area contributed by atoms with Crippen LogP contribution in [-0.4, -0.2) is 55.8 Å². The fraction of sp³-hybridized carbons (Fsp3) is 0.316. The van der Waals surface area contributed by atoms with Gasteiger partial charge in [-0.25, -0.2) is 22.2 Å². The zero-order valence-corrected chi connectivity index (χ0v) is 31.8. The Morgan fingerprint density at radius 2 is 1.82 bits per heavy atom. The van der Waals surface area contributed by atoms with Crippen molar-refractivity contribution >= 4 is 44.3 Å². The van der Waals surface area contributed by atoms with Gasteiger partial charge in [-0.1, -0.05) is 23.6 Å². The molecule has 0 unspecified atom stereocenters. The van der Waals surface area contributed by atoms with Crippen molar-refractivity contribution in [3.63, 3.8) is 0 Å². The van der Waals surface area contributed by atoms with Gasteiger partial charge >= 0.3 is 0 Å². The summed E-state index contributed by atoms with van der Waals surface area (Å²) in [6.45, 7) is 2.25. The second-order valence-electron chi connectivity index (χ2n) is 14.3. The van der Waals surface area contributed by atoms with Crippen molar-refractivity contribution in [1.82, 2.24) is 29.9 Å². The van der Waals surface area contributed by atoms with Crippen LogP contribution in [0.5, 0.6) is 0 Å². The molecule has 0 spiro atoms. The highest BCUT2D eigenvalue weighted by Gasteiger charge is 2.66. The Morgan fingerprint density at radius 3 is 2.48 bits per heavy atom. The van der Waals surface area contributed by atoms with Crippen LogP contribution in [0.25, 0.3) is 22.0 Å². The van der Waals surface area contributed by atoms with E-state index in [1.54, 1.807) is 25.2 Å². The molecule has 7 rings (SSSR count). The normalized spacial score (nSPS) is 17.2. The van der Waals surface area contributed by atoms with E-state index >= 15 is 8.78 Å². The first-order valence-electron chi connectivity index (χ1n) is 17.1. The lowest BCUT2D eigenvalue weighted by Crippen LogP contribution is -2.35. The Morgan fingerprint density at radius 1 is 1.12 bits per heavy atom. The average molecular weight is 809 g/mol. The summed E-state index contributed by atoms with van der Waals surface area (Å²) in [5, 5.41) is 22.1. The number of pyridine rings is 1. The molecule has 1 amide bonds. The number of carbonyl (C=O) groups is 1. The van der Waals surface area contributed by atoms with Gasteiger partial charge in [0.15, 0.2) is 5.82 Å². The van der Waals surface area contributed by atoms with E-state index in [1.807, 2.05) is 0 Å². The first-order chi connectivity index (χ1) is 26.2. The van der Waals surface area contributed by atoms with Gasteiger partial charge in [-0.15, -0.1) is 0 Å². The first kappa shape index (κ1) is 38.6. The summed E-state index contributed by atoms with van der Waals surface area (Å²) in [6, 6.07) is 10.1. The smallest absolute Gasteiger partial charge is 0.293 e. The summed E-state index contributed by atoms with van der Waals surface area (Å²) in [6.07, 6.45) is 0.954. The molecule has 5 N–H and O–H groups in total. The number of nitrogens with zero attached hydrogens (tertiary/aromatic N) is 5. The second-order valence-corrected chi connectivity index (χ2v) is 16.5. The summed E-state index contributed by atoms with van der Waals surface area (Å²) < 4.78 is 89.3. The molecule has 290 valence electrons. The van der Waals surface area contributed by atoms with Crippen molar-refractivity contribution in [1.29, 1.82) is 0 Å². The van der Waals surface area contributed by atoms with E-state index in [0.29, 0.717) is 22.7 Å². The number of aryl methyl sites for hydroxylation is 1. The number of anilines is 1. The van der Waals surface area contributed by atoms with E-state index in [2.05, 4.69) is 44.0 Å². The van der Waals surface area contributed by atoms with Gasteiger partial charge in [0, 0.05) is 41.8 Å². The predicted molar refractivity (Wildman–Crippen MR) is 200 cm³/mol. The van der Waals surface area contributed by atoms with Gasteiger partial charge in [-0.2, -0.15) is 19.0 Å². The maximum Gasteiger partial charge on any atom is 0.293 e. The largest absolute Gasteiger partial charge is 0.378 e. The standard InChI is InChI=1S/C38H33ClF4N8O4S/c1-37(2,53)11-9-22-5-6-23(24-7-8-27(39)32-34(24)50(3)48-36(32)49-56(4,54)55)33(45-22)29(15-19-13-20(40)16-21(41)14-19)46-30(52)18-51-35-31(28(47-51)10-12-44)25-17-26(25)38(35,42)43/h5-8,13-14,16,25-26,29,53H,15,17-18,44H2,1-4H3,(H,46,52)(H,48,49)/t25-,26+,29-/m0/s1. The lowest BCUT2D eigenvalue weighted by Gasteiger charge is -2.23. The Bertz CT molecular complexity index is 2680. The number of fused-ring (bicyclic) bond motifs is 4. The van der Waals surface area contributed by atoms with Crippen LogP contribution in [-0.2, 0) is 40.8 Å². The summed E-state index contributed by atoms with van der Waals surface area (Å²) in [4.78, 5) is 18.8. The molecule has 18 heteroatoms. The maximum atomic E-state index is 15.5. The van der Waals surface area contributed by atoms with Crippen LogP contribution < -0.4 is 15.8 Å². The van der Waals surface area contributed by atoms with Crippen LogP contribution in [0.15, 0.2) is 42.5 Å². The molecule has 1 saturated carbocycles. The van der Waals surface area contributed by atoms with Gasteiger partial charge in [-0.3, -0.25) is 18.9 Å². The minimum atomic E-state index is -3.80. The van der Waals surface area contributed by atoms with E-state index in [-0.39, 0.29) is 57.3 Å². The van der Waals surface area contributed by atoms with Crippen molar-refractivity contribution in [3.8, 4) is 34.9 Å². The average Bonchev–Trinajstić information content (AvgIpc) is 3.64. The highest BCUT2D eigenvalue weighted by Crippen LogP contribution is 2.67. The van der Waals surface area contributed by atoms with Crippen LogP contribution in [0.4, 0.5) is 23.4 Å². The number of carbonyl (C=O) groups excluding carboxylic acids is 1. The molecule has 0 aliphatic heterocycles. The van der Waals surface area contributed by atoms with Crippen LogP contribution in [0.3, 0.4) is 0 Å². The minimum absolute atomic E-state index is 0.0565. The van der Waals surface area contributed by atoms with Crippen molar-refractivity contribution in [3.05, 3.63) is 93.0 Å². The van der Waals surface area contributed by atoms with Crippen molar-refractivity contribution in [2.24, 2.45) is 18.7 Å². The van der Waals surface area contributed by atoms with Gasteiger partial charge in [0.2, 0.25) is 15.9 Å². The molecule has 2 aliphatic carbocycles. The Kier molecular flexibility index (Phi) is 9.55. The fourth-order valence-corrected chi connectivity index (χ4v) is 7.93. The van der Waals surface area contributed by atoms with Crippen molar-refractivity contribution in [2.45, 2.75) is 56.7 Å². The molecule has 0 radical (unpaired) electrons. The van der Waals surface area contributed by atoms with Gasteiger partial charge in [0.05, 0.1) is 33.9 Å². The molecule has 12 nitrogen and oxygen atoms in total. The van der Waals surface area contributed by atoms with Gasteiger partial charge in [0.25, 0.3) is 5.92 Å². The number of hydrogen-bond donors (Lipinski definition) is 4. The molecule has 2 aromatic carbocycles. The van der Waals surface area contributed by atoms with E-state index < -0.39 is 69.2 Å². The molecule has 3 atom stereocenters. The predicted octanol–water partition coefficient (Wildman–Crippen LogP) is 4.83. The summed E-state index contributed by atoms with van der Waals surface area (Å²) in [5.74, 6) is 0.755.